The van der Waals surface area contributed by atoms with Gasteiger partial charge in [0.15, 0.2) is 0 Å². The van der Waals surface area contributed by atoms with Gasteiger partial charge in [0.25, 0.3) is 0 Å². The summed E-state index contributed by atoms with van der Waals surface area (Å²) in [4.78, 5) is 10.9. The van der Waals surface area contributed by atoms with Gasteiger partial charge in [0.1, 0.15) is 6.54 Å². The molecule has 1 aromatic rings. The predicted molar refractivity (Wildman–Crippen MR) is 75.5 cm³/mol. The number of nitrogens with two attached hydrogens (primary N) is 1. The van der Waals surface area contributed by atoms with E-state index in [2.05, 4.69) is 0 Å². The molecule has 6 nitrogen and oxygen atoms in total. The number of nitrogens with zero attached hydrogens (tertiary/aromatic N) is 2. The third-order valence-electron chi connectivity index (χ3n) is 3.05. The second-order valence-electron chi connectivity index (χ2n) is 5.02. The van der Waals surface area contributed by atoms with Crippen LogP contribution in [0, 0.1) is 11.3 Å². The lowest BCUT2D eigenvalue weighted by Crippen LogP contribution is -2.39. The standard InChI is InChI=1S/C13H11F6N3O3S/c14-12(15,16)9-1-2-10(13(17,18)19)8(5-9)7-26(24,25)22(4-3-20)6-11(21)23/h1-2,5H,4,6-7H2,(H2,21,23). The van der Waals surface area contributed by atoms with Crippen LogP contribution in [0.4, 0.5) is 26.3 Å². The molecule has 0 fully saturated rings. The van der Waals surface area contributed by atoms with E-state index in [-0.39, 0.29) is 22.5 Å². The first kappa shape index (κ1) is 21.7. The molecule has 0 aliphatic rings. The van der Waals surface area contributed by atoms with Crippen LogP contribution in [0.15, 0.2) is 18.2 Å². The van der Waals surface area contributed by atoms with Crippen molar-refractivity contribution < 1.29 is 39.6 Å². The molecule has 0 unspecified atom stereocenters. The maximum absolute atomic E-state index is 13.0. The number of nitriles is 1. The van der Waals surface area contributed by atoms with Gasteiger partial charge in [-0.15, -0.1) is 0 Å². The molecule has 26 heavy (non-hydrogen) atoms. The fourth-order valence-electron chi connectivity index (χ4n) is 1.96. The van der Waals surface area contributed by atoms with Crippen molar-refractivity contribution in [2.75, 3.05) is 13.1 Å². The third-order valence-corrected chi connectivity index (χ3v) is 4.77. The molecule has 1 amide bonds. The van der Waals surface area contributed by atoms with Crippen molar-refractivity contribution in [2.45, 2.75) is 18.1 Å². The molecule has 0 radical (unpaired) electrons. The molecule has 0 saturated carbocycles. The van der Waals surface area contributed by atoms with Crippen LogP contribution >= 0.6 is 0 Å². The molecular weight excluding hydrogens is 392 g/mol. The Bertz CT molecular complexity index is 827. The zero-order valence-electron chi connectivity index (χ0n) is 12.7. The minimum Gasteiger partial charge on any atom is -0.369 e. The quantitative estimate of drug-likeness (QED) is 0.578. The Morgan fingerprint density at radius 2 is 1.73 bits per heavy atom. The van der Waals surface area contributed by atoms with E-state index < -0.39 is 63.8 Å². The van der Waals surface area contributed by atoms with E-state index in [4.69, 9.17) is 11.0 Å². The first-order valence-electron chi connectivity index (χ1n) is 6.59. The van der Waals surface area contributed by atoms with Crippen LogP contribution in [0.5, 0.6) is 0 Å². The maximum atomic E-state index is 13.0. The summed E-state index contributed by atoms with van der Waals surface area (Å²) in [6.07, 6.45) is -10.1. The van der Waals surface area contributed by atoms with Crippen molar-refractivity contribution in [3.05, 3.63) is 34.9 Å². The van der Waals surface area contributed by atoms with E-state index in [0.29, 0.717) is 0 Å². The number of amides is 1. The SMILES string of the molecule is N#CCN(CC(N)=O)S(=O)(=O)Cc1cc(C(F)(F)F)ccc1C(F)(F)F. The van der Waals surface area contributed by atoms with Crippen LogP contribution in [0.2, 0.25) is 0 Å². The molecule has 2 N–H and O–H groups in total. The molecule has 0 aliphatic carbocycles. The summed E-state index contributed by atoms with van der Waals surface area (Å²) in [5.74, 6) is -2.69. The summed E-state index contributed by atoms with van der Waals surface area (Å²) in [5, 5.41) is 8.58. The smallest absolute Gasteiger partial charge is 0.369 e. The van der Waals surface area contributed by atoms with Gasteiger partial charge in [-0.3, -0.25) is 4.79 Å². The van der Waals surface area contributed by atoms with E-state index >= 15 is 0 Å². The van der Waals surface area contributed by atoms with Gasteiger partial charge >= 0.3 is 12.4 Å². The second kappa shape index (κ2) is 7.50. The number of rotatable bonds is 6. The van der Waals surface area contributed by atoms with Gasteiger partial charge in [-0.05, 0) is 23.8 Å². The molecule has 0 heterocycles. The molecule has 1 rings (SSSR count). The average Bonchev–Trinajstić information content (AvgIpc) is 2.43. The molecule has 0 atom stereocenters. The van der Waals surface area contributed by atoms with E-state index in [1.807, 2.05) is 0 Å². The number of primary amides is 1. The number of halogens is 6. The van der Waals surface area contributed by atoms with Crippen molar-refractivity contribution in [3.8, 4) is 6.07 Å². The van der Waals surface area contributed by atoms with Crippen molar-refractivity contribution in [3.63, 3.8) is 0 Å². The Hall–Kier alpha value is -2.33. The van der Waals surface area contributed by atoms with Gasteiger partial charge in [0.2, 0.25) is 15.9 Å². The highest BCUT2D eigenvalue weighted by Gasteiger charge is 2.38. The Balaban J connectivity index is 3.43. The summed E-state index contributed by atoms with van der Waals surface area (Å²) in [5.41, 5.74) is 0.591. The second-order valence-corrected chi connectivity index (χ2v) is 6.99. The summed E-state index contributed by atoms with van der Waals surface area (Å²) in [6, 6.07) is 1.74. The fraction of sp³-hybridized carbons (Fsp3) is 0.385. The van der Waals surface area contributed by atoms with Gasteiger partial charge in [-0.2, -0.15) is 35.9 Å². The zero-order chi connectivity index (χ0) is 20.3. The zero-order valence-corrected chi connectivity index (χ0v) is 13.5. The minimum atomic E-state index is -5.11. The van der Waals surface area contributed by atoms with Crippen molar-refractivity contribution in [1.29, 1.82) is 5.26 Å². The van der Waals surface area contributed by atoms with Crippen LogP contribution in [-0.2, 0) is 32.9 Å². The average molecular weight is 403 g/mol. The van der Waals surface area contributed by atoms with E-state index in [1.54, 1.807) is 0 Å². The topological polar surface area (TPSA) is 104 Å². The minimum absolute atomic E-state index is 0.0647. The highest BCUT2D eigenvalue weighted by molar-refractivity contribution is 7.88. The maximum Gasteiger partial charge on any atom is 0.416 e. The number of hydrogen-bond donors (Lipinski definition) is 1. The Morgan fingerprint density at radius 3 is 2.15 bits per heavy atom. The van der Waals surface area contributed by atoms with Crippen LogP contribution in [0.1, 0.15) is 16.7 Å². The summed E-state index contributed by atoms with van der Waals surface area (Å²) < 4.78 is 102. The van der Waals surface area contributed by atoms with E-state index in [9.17, 15) is 39.6 Å². The lowest BCUT2D eigenvalue weighted by Gasteiger charge is -2.20. The molecular formula is C13H11F6N3O3S. The monoisotopic (exact) mass is 403 g/mol. The molecule has 0 aliphatic heterocycles. The van der Waals surface area contributed by atoms with Crippen LogP contribution in [0.3, 0.4) is 0 Å². The molecule has 144 valence electrons. The third kappa shape index (κ3) is 5.60. The molecule has 1 aromatic carbocycles. The number of sulfonamides is 1. The lowest BCUT2D eigenvalue weighted by atomic mass is 10.0. The van der Waals surface area contributed by atoms with Gasteiger partial charge in [0, 0.05) is 0 Å². The van der Waals surface area contributed by atoms with Gasteiger partial charge < -0.3 is 5.73 Å². The van der Waals surface area contributed by atoms with Crippen molar-refractivity contribution in [1.82, 2.24) is 4.31 Å². The predicted octanol–water partition coefficient (Wildman–Crippen LogP) is 1.86. The van der Waals surface area contributed by atoms with Crippen molar-refractivity contribution in [2.24, 2.45) is 5.73 Å². The van der Waals surface area contributed by atoms with Gasteiger partial charge in [-0.1, -0.05) is 0 Å². The highest BCUT2D eigenvalue weighted by atomic mass is 32.2. The Morgan fingerprint density at radius 1 is 1.15 bits per heavy atom. The first-order chi connectivity index (χ1) is 11.7. The molecule has 0 bridgehead atoms. The van der Waals surface area contributed by atoms with Gasteiger partial charge in [-0.25, -0.2) is 8.42 Å². The van der Waals surface area contributed by atoms with E-state index in [1.165, 1.54) is 6.07 Å². The molecule has 0 saturated heterocycles. The first-order valence-corrected chi connectivity index (χ1v) is 8.20. The number of hydrogen-bond acceptors (Lipinski definition) is 4. The normalized spacial score (nSPS) is 12.8. The highest BCUT2D eigenvalue weighted by Crippen LogP contribution is 2.37. The number of carbonyl (C=O) groups excluding carboxylic acids is 1. The van der Waals surface area contributed by atoms with Crippen LogP contribution < -0.4 is 5.73 Å². The summed E-state index contributed by atoms with van der Waals surface area (Å²) in [6.45, 7) is -1.91. The number of benzene rings is 1. The van der Waals surface area contributed by atoms with Crippen LogP contribution in [-0.4, -0.2) is 31.7 Å². The largest absolute Gasteiger partial charge is 0.416 e. The van der Waals surface area contributed by atoms with Crippen LogP contribution in [0.25, 0.3) is 0 Å². The Labute approximate surface area is 143 Å². The van der Waals surface area contributed by atoms with Crippen molar-refractivity contribution >= 4 is 15.9 Å². The molecule has 0 spiro atoms. The molecule has 0 aromatic heterocycles. The Kier molecular flexibility index (Phi) is 6.26. The summed E-state index contributed by atoms with van der Waals surface area (Å²) >= 11 is 0. The molecule has 13 heteroatoms. The number of carbonyl (C=O) groups is 1. The summed E-state index contributed by atoms with van der Waals surface area (Å²) in [7, 11) is -4.74. The van der Waals surface area contributed by atoms with E-state index in [0.717, 1.165) is 0 Å². The number of alkyl halides is 6. The van der Waals surface area contributed by atoms with Gasteiger partial charge in [0.05, 0.1) is 29.5 Å². The fourth-order valence-corrected chi connectivity index (χ4v) is 3.35. The lowest BCUT2D eigenvalue weighted by molar-refractivity contribution is -0.141.